The molecular formula is C17H21F3N6O3. The minimum absolute atomic E-state index is 0.0166. The summed E-state index contributed by atoms with van der Waals surface area (Å²) in [5.74, 6) is 1.07. The fourth-order valence-electron chi connectivity index (χ4n) is 4.22. The van der Waals surface area contributed by atoms with Gasteiger partial charge in [0.1, 0.15) is 5.82 Å². The Labute approximate surface area is 163 Å². The number of piperidine rings is 1. The van der Waals surface area contributed by atoms with E-state index in [1.54, 1.807) is 6.07 Å². The van der Waals surface area contributed by atoms with Crippen LogP contribution in [0, 0.1) is 11.8 Å². The number of hydrogen-bond donors (Lipinski definition) is 2. The first-order chi connectivity index (χ1) is 13.6. The third kappa shape index (κ3) is 3.87. The number of amides is 1. The van der Waals surface area contributed by atoms with E-state index in [-0.39, 0.29) is 29.6 Å². The van der Waals surface area contributed by atoms with Gasteiger partial charge < -0.3 is 20.1 Å². The lowest BCUT2D eigenvalue weighted by Gasteiger charge is -2.29. The number of likely N-dealkylation sites (tertiary alicyclic amines) is 1. The molecule has 2 N–H and O–H groups in total. The van der Waals surface area contributed by atoms with Crippen molar-refractivity contribution in [1.82, 2.24) is 24.5 Å². The normalized spacial score (nSPS) is 23.9. The van der Waals surface area contributed by atoms with Crippen molar-refractivity contribution < 1.29 is 27.8 Å². The van der Waals surface area contributed by atoms with Crippen molar-refractivity contribution in [2.24, 2.45) is 11.8 Å². The molecule has 2 aromatic heterocycles. The van der Waals surface area contributed by atoms with Gasteiger partial charge in [0.05, 0.1) is 5.69 Å². The average Bonchev–Trinajstić information content (AvgIpc) is 3.30. The summed E-state index contributed by atoms with van der Waals surface area (Å²) >= 11 is 0. The standard InChI is InChI=1S/C17H21F3N6O3/c1-8(2)12-5-13(26-14(22-12)23-15(24-26)29-17(18,19)20)21-6-9-3-11-4-10(9)7-25(11)16(27)28/h5,8-11,21H,3-4,6-7H2,1-2H3,(H,27,28). The predicted molar refractivity (Wildman–Crippen MR) is 94.8 cm³/mol. The van der Waals surface area contributed by atoms with Crippen molar-refractivity contribution in [3.05, 3.63) is 11.8 Å². The molecule has 2 fully saturated rings. The molecule has 12 heteroatoms. The van der Waals surface area contributed by atoms with Crippen LogP contribution in [-0.2, 0) is 0 Å². The zero-order chi connectivity index (χ0) is 20.9. The SMILES string of the molecule is CC(C)c1cc(NCC2CC3CC2CN3C(=O)O)n2nc(OC(F)(F)F)nc2n1. The fourth-order valence-corrected chi connectivity index (χ4v) is 4.22. The highest BCUT2D eigenvalue weighted by Crippen LogP contribution is 2.42. The molecule has 3 heterocycles. The maximum absolute atomic E-state index is 12.5. The van der Waals surface area contributed by atoms with Crippen molar-refractivity contribution >= 4 is 17.7 Å². The van der Waals surface area contributed by atoms with E-state index in [2.05, 4.69) is 25.1 Å². The lowest BCUT2D eigenvalue weighted by Crippen LogP contribution is -2.40. The van der Waals surface area contributed by atoms with E-state index in [0.29, 0.717) is 24.6 Å². The highest BCUT2D eigenvalue weighted by atomic mass is 19.4. The van der Waals surface area contributed by atoms with Gasteiger partial charge in [-0.05, 0) is 30.6 Å². The number of hydrogen-bond acceptors (Lipinski definition) is 6. The largest absolute Gasteiger partial charge is 0.575 e. The van der Waals surface area contributed by atoms with Crippen LogP contribution in [-0.4, -0.2) is 61.2 Å². The van der Waals surface area contributed by atoms with Gasteiger partial charge in [-0.15, -0.1) is 18.3 Å². The number of nitrogens with zero attached hydrogens (tertiary/aromatic N) is 5. The fraction of sp³-hybridized carbons (Fsp3) is 0.647. The third-order valence-electron chi connectivity index (χ3n) is 5.59. The van der Waals surface area contributed by atoms with Crippen molar-refractivity contribution in [2.75, 3.05) is 18.4 Å². The van der Waals surface area contributed by atoms with Gasteiger partial charge in [0.2, 0.25) is 0 Å². The quantitative estimate of drug-likeness (QED) is 0.775. The molecule has 0 radical (unpaired) electrons. The van der Waals surface area contributed by atoms with E-state index >= 15 is 0 Å². The Bertz CT molecular complexity index is 931. The molecule has 1 aliphatic heterocycles. The summed E-state index contributed by atoms with van der Waals surface area (Å²) in [5, 5.41) is 16.2. The maximum Gasteiger partial charge on any atom is 0.575 e. The molecule has 2 aliphatic rings. The van der Waals surface area contributed by atoms with Gasteiger partial charge >= 0.3 is 18.5 Å². The molecule has 3 unspecified atom stereocenters. The summed E-state index contributed by atoms with van der Waals surface area (Å²) in [5.41, 5.74) is 0.663. The molecule has 2 aromatic rings. The molecule has 1 amide bonds. The van der Waals surface area contributed by atoms with Crippen molar-refractivity contribution in [1.29, 1.82) is 0 Å². The molecule has 9 nitrogen and oxygen atoms in total. The van der Waals surface area contributed by atoms with Crippen LogP contribution in [0.1, 0.15) is 38.3 Å². The molecule has 1 aliphatic carbocycles. The summed E-state index contributed by atoms with van der Waals surface area (Å²) in [6, 6.07) is 0.956. The average molecular weight is 414 g/mol. The number of aromatic nitrogens is 4. The predicted octanol–water partition coefficient (Wildman–Crippen LogP) is 2.95. The van der Waals surface area contributed by atoms with Gasteiger partial charge in [-0.25, -0.2) is 9.78 Å². The second-order valence-corrected chi connectivity index (χ2v) is 7.84. The smallest absolute Gasteiger partial charge is 0.465 e. The number of ether oxygens (including phenoxy) is 1. The van der Waals surface area contributed by atoms with Crippen LogP contribution >= 0.6 is 0 Å². The zero-order valence-corrected chi connectivity index (χ0v) is 15.8. The molecule has 29 heavy (non-hydrogen) atoms. The molecule has 2 bridgehead atoms. The minimum atomic E-state index is -4.89. The van der Waals surface area contributed by atoms with E-state index in [0.717, 1.165) is 12.8 Å². The number of anilines is 1. The summed E-state index contributed by atoms with van der Waals surface area (Å²) in [7, 11) is 0. The van der Waals surface area contributed by atoms with Gasteiger partial charge in [0, 0.05) is 25.2 Å². The summed E-state index contributed by atoms with van der Waals surface area (Å²) in [6.07, 6.45) is -4.18. The summed E-state index contributed by atoms with van der Waals surface area (Å²) < 4.78 is 42.6. The Balaban J connectivity index is 1.54. The van der Waals surface area contributed by atoms with E-state index < -0.39 is 18.5 Å². The molecular weight excluding hydrogens is 393 g/mol. The van der Waals surface area contributed by atoms with Gasteiger partial charge in [-0.2, -0.15) is 9.50 Å². The highest BCUT2D eigenvalue weighted by Gasteiger charge is 2.46. The Morgan fingerprint density at radius 2 is 2.14 bits per heavy atom. The number of rotatable bonds is 5. The molecule has 3 atom stereocenters. The number of alkyl halides is 3. The lowest BCUT2D eigenvalue weighted by atomic mass is 9.94. The minimum Gasteiger partial charge on any atom is -0.465 e. The number of nitrogens with one attached hydrogen (secondary N) is 1. The van der Waals surface area contributed by atoms with Gasteiger partial charge in [0.15, 0.2) is 0 Å². The number of carboxylic acid groups (broad SMARTS) is 1. The maximum atomic E-state index is 12.5. The first-order valence-corrected chi connectivity index (χ1v) is 9.37. The van der Waals surface area contributed by atoms with Gasteiger partial charge in [0.25, 0.3) is 5.78 Å². The van der Waals surface area contributed by atoms with Crippen LogP contribution < -0.4 is 10.1 Å². The number of halogens is 3. The van der Waals surface area contributed by atoms with Crippen molar-refractivity contribution in [3.8, 4) is 6.01 Å². The van der Waals surface area contributed by atoms with Gasteiger partial charge in [-0.1, -0.05) is 13.8 Å². The molecule has 0 aromatic carbocycles. The Hall–Kier alpha value is -2.79. The van der Waals surface area contributed by atoms with E-state index in [1.165, 1.54) is 9.42 Å². The van der Waals surface area contributed by atoms with Crippen LogP contribution in [0.4, 0.5) is 23.8 Å². The van der Waals surface area contributed by atoms with Crippen molar-refractivity contribution in [3.63, 3.8) is 0 Å². The van der Waals surface area contributed by atoms with Crippen LogP contribution in [0.25, 0.3) is 5.78 Å². The molecule has 158 valence electrons. The van der Waals surface area contributed by atoms with Crippen molar-refractivity contribution in [2.45, 2.75) is 45.0 Å². The molecule has 0 spiro atoms. The molecule has 4 rings (SSSR count). The monoisotopic (exact) mass is 414 g/mol. The molecule has 1 saturated heterocycles. The Kier molecular flexibility index (Phi) is 4.66. The third-order valence-corrected chi connectivity index (χ3v) is 5.59. The second-order valence-electron chi connectivity index (χ2n) is 7.84. The highest BCUT2D eigenvalue weighted by molar-refractivity contribution is 5.66. The van der Waals surface area contributed by atoms with Crippen LogP contribution in [0.2, 0.25) is 0 Å². The van der Waals surface area contributed by atoms with E-state index in [4.69, 9.17) is 0 Å². The molecule has 1 saturated carbocycles. The Morgan fingerprint density at radius 1 is 1.38 bits per heavy atom. The van der Waals surface area contributed by atoms with Gasteiger partial charge in [-0.3, -0.25) is 0 Å². The summed E-state index contributed by atoms with van der Waals surface area (Å²) in [4.78, 5) is 20.7. The lowest BCUT2D eigenvalue weighted by molar-refractivity contribution is -0.277. The summed E-state index contributed by atoms with van der Waals surface area (Å²) in [6.45, 7) is 4.91. The van der Waals surface area contributed by atoms with E-state index in [1.807, 2.05) is 13.8 Å². The van der Waals surface area contributed by atoms with E-state index in [9.17, 15) is 23.1 Å². The second kappa shape index (κ2) is 6.92. The zero-order valence-electron chi connectivity index (χ0n) is 15.8. The number of fused-ring (bicyclic) bond motifs is 3. The number of carbonyl (C=O) groups is 1. The van der Waals surface area contributed by atoms with Crippen LogP contribution in [0.5, 0.6) is 6.01 Å². The first-order valence-electron chi connectivity index (χ1n) is 9.37. The first kappa shape index (κ1) is 19.5. The van der Waals surface area contributed by atoms with Crippen LogP contribution in [0.15, 0.2) is 6.07 Å². The van der Waals surface area contributed by atoms with Crippen LogP contribution in [0.3, 0.4) is 0 Å². The topological polar surface area (TPSA) is 105 Å². The Morgan fingerprint density at radius 3 is 2.72 bits per heavy atom.